The molecule has 22 heavy (non-hydrogen) atoms. The van der Waals surface area contributed by atoms with E-state index in [0.29, 0.717) is 0 Å². The first-order valence-corrected chi connectivity index (χ1v) is 6.55. The van der Waals surface area contributed by atoms with Crippen molar-refractivity contribution in [2.75, 3.05) is 0 Å². The number of nitrogens with zero attached hydrogens (tertiary/aromatic N) is 1. The van der Waals surface area contributed by atoms with E-state index in [1.165, 1.54) is 12.1 Å². The van der Waals surface area contributed by atoms with Gasteiger partial charge >= 0.3 is 0 Å². The van der Waals surface area contributed by atoms with E-state index in [1.54, 1.807) is 24.5 Å². The number of halogens is 1. The lowest BCUT2D eigenvalue weighted by atomic mass is 10.1. The quantitative estimate of drug-likeness (QED) is 0.500. The summed E-state index contributed by atoms with van der Waals surface area (Å²) in [6, 6.07) is 8.21. The predicted molar refractivity (Wildman–Crippen MR) is 76.4 cm³/mol. The van der Waals surface area contributed by atoms with Gasteiger partial charge in [0.2, 0.25) is 5.78 Å². The van der Waals surface area contributed by atoms with Crippen molar-refractivity contribution >= 4 is 17.5 Å². The number of Topliss-reactive ketones (excluding diaryl/α,β-unsaturated/α-hetero) is 2. The first-order chi connectivity index (χ1) is 10.6. The number of nitrogens with one attached hydrogen (secondary N) is 1. The monoisotopic (exact) mass is 300 g/mol. The van der Waals surface area contributed by atoms with Crippen LogP contribution in [-0.4, -0.2) is 22.5 Å². The molecule has 0 bridgehead atoms. The number of ketones is 2. The Bertz CT molecular complexity index is 684. The Morgan fingerprint density at radius 2 is 1.64 bits per heavy atom. The van der Waals surface area contributed by atoms with Gasteiger partial charge < -0.3 is 5.32 Å². The molecular formula is C16H13FN2O3. The summed E-state index contributed by atoms with van der Waals surface area (Å²) in [7, 11) is 0. The van der Waals surface area contributed by atoms with Crippen molar-refractivity contribution in [2.24, 2.45) is 0 Å². The maximum absolute atomic E-state index is 12.8. The number of hydrogen-bond acceptors (Lipinski definition) is 4. The maximum Gasteiger partial charge on any atom is 0.288 e. The molecule has 2 rings (SSSR count). The topological polar surface area (TPSA) is 76.1 Å². The highest BCUT2D eigenvalue weighted by Gasteiger charge is 2.18. The van der Waals surface area contributed by atoms with Crippen LogP contribution in [0.15, 0.2) is 48.8 Å². The van der Waals surface area contributed by atoms with Gasteiger partial charge in [-0.05, 0) is 42.0 Å². The molecule has 1 heterocycles. The highest BCUT2D eigenvalue weighted by atomic mass is 19.1. The smallest absolute Gasteiger partial charge is 0.288 e. The number of aromatic nitrogens is 1. The molecule has 6 heteroatoms. The second-order valence-electron chi connectivity index (χ2n) is 4.57. The molecule has 2 aromatic rings. The van der Waals surface area contributed by atoms with Crippen LogP contribution in [0, 0.1) is 5.82 Å². The van der Waals surface area contributed by atoms with Crippen LogP contribution < -0.4 is 5.32 Å². The summed E-state index contributed by atoms with van der Waals surface area (Å²) in [5, 5.41) is 2.44. The first-order valence-electron chi connectivity index (χ1n) is 6.55. The number of pyridine rings is 1. The van der Waals surface area contributed by atoms with Crippen molar-refractivity contribution in [3.63, 3.8) is 0 Å². The van der Waals surface area contributed by atoms with Gasteiger partial charge in [-0.3, -0.25) is 19.4 Å². The molecule has 0 saturated heterocycles. The molecule has 0 aliphatic heterocycles. The molecule has 0 aliphatic carbocycles. The predicted octanol–water partition coefficient (Wildman–Crippen LogP) is 1.68. The maximum atomic E-state index is 12.8. The molecule has 0 unspecified atom stereocenters. The Morgan fingerprint density at radius 3 is 2.27 bits per heavy atom. The molecule has 1 amide bonds. The second kappa shape index (κ2) is 7.21. The third-order valence-corrected chi connectivity index (χ3v) is 2.94. The third-order valence-electron chi connectivity index (χ3n) is 2.94. The van der Waals surface area contributed by atoms with Gasteiger partial charge in [-0.1, -0.05) is 0 Å². The summed E-state index contributed by atoms with van der Waals surface area (Å²) < 4.78 is 12.8. The molecule has 1 N–H and O–H groups in total. The second-order valence-corrected chi connectivity index (χ2v) is 4.57. The van der Waals surface area contributed by atoms with Gasteiger partial charge in [0.1, 0.15) is 5.82 Å². The van der Waals surface area contributed by atoms with Gasteiger partial charge in [-0.2, -0.15) is 0 Å². The van der Waals surface area contributed by atoms with E-state index in [1.807, 2.05) is 0 Å². The van der Waals surface area contributed by atoms with E-state index in [-0.39, 0.29) is 12.1 Å². The lowest BCUT2D eigenvalue weighted by molar-refractivity contribution is -0.137. The highest BCUT2D eigenvalue weighted by Crippen LogP contribution is 2.06. The van der Waals surface area contributed by atoms with Crippen molar-refractivity contribution in [2.45, 2.75) is 13.0 Å². The fourth-order valence-corrected chi connectivity index (χ4v) is 1.75. The van der Waals surface area contributed by atoms with Gasteiger partial charge in [0, 0.05) is 24.5 Å². The molecule has 0 radical (unpaired) electrons. The first kappa shape index (κ1) is 15.5. The van der Waals surface area contributed by atoms with E-state index in [4.69, 9.17) is 0 Å². The van der Waals surface area contributed by atoms with Gasteiger partial charge in [-0.25, -0.2) is 4.39 Å². The molecule has 0 aliphatic rings. The fourth-order valence-electron chi connectivity index (χ4n) is 1.75. The van der Waals surface area contributed by atoms with Gasteiger partial charge in [0.15, 0.2) is 5.78 Å². The van der Waals surface area contributed by atoms with Gasteiger partial charge in [0.25, 0.3) is 5.91 Å². The summed E-state index contributed by atoms with van der Waals surface area (Å²) in [5.41, 5.74) is 0.984. The standard InChI is InChI=1S/C16H13FN2O3/c17-13-3-1-12(2-4-13)14(20)9-15(21)16(22)19-10-11-5-7-18-8-6-11/h1-8H,9-10H2,(H,19,22). The Balaban J connectivity index is 1.87. The van der Waals surface area contributed by atoms with Crippen molar-refractivity contribution in [1.82, 2.24) is 10.3 Å². The molecular weight excluding hydrogens is 287 g/mol. The molecule has 0 spiro atoms. The fraction of sp³-hybridized carbons (Fsp3) is 0.125. The molecule has 1 aromatic carbocycles. The van der Waals surface area contributed by atoms with Crippen molar-refractivity contribution in [1.29, 1.82) is 0 Å². The summed E-state index contributed by atoms with van der Waals surface area (Å²) >= 11 is 0. The van der Waals surface area contributed by atoms with Gasteiger partial charge in [-0.15, -0.1) is 0 Å². The number of rotatable bonds is 6. The summed E-state index contributed by atoms with van der Waals surface area (Å²) in [4.78, 5) is 39.0. The number of benzene rings is 1. The Morgan fingerprint density at radius 1 is 1.00 bits per heavy atom. The summed E-state index contributed by atoms with van der Waals surface area (Å²) in [6.45, 7) is 0.178. The van der Waals surface area contributed by atoms with E-state index < -0.39 is 29.7 Å². The molecule has 0 saturated carbocycles. The van der Waals surface area contributed by atoms with Crippen molar-refractivity contribution < 1.29 is 18.8 Å². The number of carbonyl (C=O) groups is 3. The van der Waals surface area contributed by atoms with E-state index >= 15 is 0 Å². The Kier molecular flexibility index (Phi) is 5.08. The van der Waals surface area contributed by atoms with E-state index in [9.17, 15) is 18.8 Å². The minimum Gasteiger partial charge on any atom is -0.345 e. The van der Waals surface area contributed by atoms with Crippen LogP contribution in [0.2, 0.25) is 0 Å². The minimum atomic E-state index is -0.830. The normalized spacial score (nSPS) is 10.0. The molecule has 0 atom stereocenters. The van der Waals surface area contributed by atoms with Crippen LogP contribution >= 0.6 is 0 Å². The zero-order chi connectivity index (χ0) is 15.9. The highest BCUT2D eigenvalue weighted by molar-refractivity contribution is 6.40. The molecule has 1 aromatic heterocycles. The van der Waals surface area contributed by atoms with Crippen LogP contribution in [0.4, 0.5) is 4.39 Å². The Hall–Kier alpha value is -2.89. The lowest BCUT2D eigenvalue weighted by Crippen LogP contribution is -2.31. The van der Waals surface area contributed by atoms with Crippen molar-refractivity contribution in [3.8, 4) is 0 Å². The van der Waals surface area contributed by atoms with Crippen LogP contribution in [0.25, 0.3) is 0 Å². The van der Waals surface area contributed by atoms with E-state index in [0.717, 1.165) is 17.7 Å². The van der Waals surface area contributed by atoms with Crippen LogP contribution in [0.5, 0.6) is 0 Å². The number of hydrogen-bond donors (Lipinski definition) is 1. The average molecular weight is 300 g/mol. The van der Waals surface area contributed by atoms with Gasteiger partial charge in [0.05, 0.1) is 6.42 Å². The van der Waals surface area contributed by atoms with E-state index in [2.05, 4.69) is 10.3 Å². The third kappa shape index (κ3) is 4.31. The zero-order valence-corrected chi connectivity index (χ0v) is 11.6. The molecule has 5 nitrogen and oxygen atoms in total. The summed E-state index contributed by atoms with van der Waals surface area (Å²) in [5.74, 6) is -2.65. The molecule has 0 fully saturated rings. The van der Waals surface area contributed by atoms with Crippen LogP contribution in [0.1, 0.15) is 22.3 Å². The number of amides is 1. The largest absolute Gasteiger partial charge is 0.345 e. The van der Waals surface area contributed by atoms with Crippen molar-refractivity contribution in [3.05, 3.63) is 65.7 Å². The summed E-state index contributed by atoms with van der Waals surface area (Å²) in [6.07, 6.45) is 2.59. The van der Waals surface area contributed by atoms with Crippen LogP contribution in [0.3, 0.4) is 0 Å². The van der Waals surface area contributed by atoms with Crippen LogP contribution in [-0.2, 0) is 16.1 Å². The minimum absolute atomic E-state index is 0.178. The SMILES string of the molecule is O=C(CC(=O)c1ccc(F)cc1)C(=O)NCc1ccncc1. The average Bonchev–Trinajstić information content (AvgIpc) is 2.54. The number of carbonyl (C=O) groups excluding carboxylic acids is 3. The lowest BCUT2D eigenvalue weighted by Gasteiger charge is -2.04. The Labute approximate surface area is 126 Å². The molecule has 112 valence electrons. The zero-order valence-electron chi connectivity index (χ0n) is 11.6.